The highest BCUT2D eigenvalue weighted by atomic mass is 16.2. The van der Waals surface area contributed by atoms with Gasteiger partial charge in [-0.1, -0.05) is 18.7 Å². The molecule has 0 rings (SSSR count). The van der Waals surface area contributed by atoms with Crippen LogP contribution in [-0.4, -0.2) is 24.9 Å². The van der Waals surface area contributed by atoms with Crippen LogP contribution < -0.4 is 5.73 Å². The maximum Gasteiger partial charge on any atom is 0.218 e. The van der Waals surface area contributed by atoms with Crippen LogP contribution in [0, 0.1) is 0 Å². The van der Waals surface area contributed by atoms with Crippen LogP contribution in [0.15, 0.2) is 36.6 Å². The predicted octanol–water partition coefficient (Wildman–Crippen LogP) is 1.69. The lowest BCUT2D eigenvalue weighted by molar-refractivity contribution is -0.126. The smallest absolute Gasteiger partial charge is 0.218 e. The molecule has 0 saturated carbocycles. The van der Waals surface area contributed by atoms with Gasteiger partial charge in [0.15, 0.2) is 0 Å². The molecule has 0 aromatic rings. The first kappa shape index (κ1) is 15.0. The molecule has 0 unspecified atom stereocenters. The molecule has 3 heteroatoms. The van der Waals surface area contributed by atoms with Gasteiger partial charge in [0.1, 0.15) is 0 Å². The van der Waals surface area contributed by atoms with Gasteiger partial charge >= 0.3 is 0 Å². The summed E-state index contributed by atoms with van der Waals surface area (Å²) in [5.74, 6) is 0.0926. The molecule has 0 fully saturated rings. The first-order valence-corrected chi connectivity index (χ1v) is 4.34. The van der Waals surface area contributed by atoms with E-state index in [2.05, 4.69) is 6.58 Å². The Hall–Kier alpha value is -1.51. The Balaban J connectivity index is 0. The molecule has 0 radical (unpaired) electrons. The van der Waals surface area contributed by atoms with Crippen LogP contribution in [0.5, 0.6) is 0 Å². The van der Waals surface area contributed by atoms with Crippen LogP contribution in [0.1, 0.15) is 13.8 Å². The zero-order valence-electron chi connectivity index (χ0n) is 9.45. The maximum atomic E-state index is 10.1. The van der Waals surface area contributed by atoms with E-state index in [1.807, 2.05) is 19.1 Å². The fraction of sp³-hybridized carbons (Fsp3) is 0.364. The topological polar surface area (TPSA) is 46.3 Å². The Morgan fingerprint density at radius 1 is 1.43 bits per heavy atom. The van der Waals surface area contributed by atoms with E-state index >= 15 is 0 Å². The second-order valence-corrected chi connectivity index (χ2v) is 2.81. The molecule has 0 aromatic heterocycles. The summed E-state index contributed by atoms with van der Waals surface area (Å²) in [6.45, 7) is 6.95. The minimum atomic E-state index is 0.0926. The van der Waals surface area contributed by atoms with Gasteiger partial charge in [0.25, 0.3) is 0 Å². The summed E-state index contributed by atoms with van der Waals surface area (Å²) in [5, 5.41) is 0. The summed E-state index contributed by atoms with van der Waals surface area (Å²) in [7, 11) is 3.45. The monoisotopic (exact) mass is 196 g/mol. The van der Waals surface area contributed by atoms with Gasteiger partial charge in [-0.25, -0.2) is 0 Å². The van der Waals surface area contributed by atoms with Crippen LogP contribution in [0.4, 0.5) is 0 Å². The van der Waals surface area contributed by atoms with Gasteiger partial charge in [0.05, 0.1) is 0 Å². The minimum Gasteiger partial charge on any atom is -0.399 e. The molecular formula is C11H20N2O. The van der Waals surface area contributed by atoms with E-state index in [1.165, 1.54) is 11.8 Å². The average molecular weight is 196 g/mol. The maximum absolute atomic E-state index is 10.1. The molecular weight excluding hydrogens is 176 g/mol. The Morgan fingerprint density at radius 3 is 2.07 bits per heavy atom. The van der Waals surface area contributed by atoms with Crippen molar-refractivity contribution in [1.82, 2.24) is 4.90 Å². The molecule has 0 bridgehead atoms. The van der Waals surface area contributed by atoms with Gasteiger partial charge in [0.2, 0.25) is 5.91 Å². The third-order valence-electron chi connectivity index (χ3n) is 1.35. The summed E-state index contributed by atoms with van der Waals surface area (Å²) in [6.07, 6.45) is 7.19. The molecule has 0 saturated heterocycles. The second kappa shape index (κ2) is 9.58. The highest BCUT2D eigenvalue weighted by Crippen LogP contribution is 1.83. The van der Waals surface area contributed by atoms with E-state index in [0.717, 1.165) is 0 Å². The Bertz CT molecular complexity index is 227. The van der Waals surface area contributed by atoms with Crippen molar-refractivity contribution in [2.45, 2.75) is 13.8 Å². The molecule has 0 spiro atoms. The van der Waals surface area contributed by atoms with Gasteiger partial charge in [0, 0.05) is 26.7 Å². The SMILES string of the molecule is C=C/C(N)=C\C=C\C.CC(=O)N(C)C. The molecule has 0 heterocycles. The zero-order valence-corrected chi connectivity index (χ0v) is 9.45. The Morgan fingerprint density at radius 2 is 1.86 bits per heavy atom. The van der Waals surface area contributed by atoms with Gasteiger partial charge in [-0.2, -0.15) is 0 Å². The van der Waals surface area contributed by atoms with E-state index < -0.39 is 0 Å². The Labute approximate surface area is 86.6 Å². The molecule has 80 valence electrons. The van der Waals surface area contributed by atoms with Gasteiger partial charge in [-0.15, -0.1) is 0 Å². The van der Waals surface area contributed by atoms with Crippen molar-refractivity contribution in [2.24, 2.45) is 5.73 Å². The first-order valence-electron chi connectivity index (χ1n) is 4.34. The first-order chi connectivity index (χ1) is 6.45. The van der Waals surface area contributed by atoms with Crippen LogP contribution in [0.2, 0.25) is 0 Å². The zero-order chi connectivity index (χ0) is 11.6. The lowest BCUT2D eigenvalue weighted by Crippen LogP contribution is -2.17. The van der Waals surface area contributed by atoms with E-state index in [1.54, 1.807) is 26.2 Å². The lowest BCUT2D eigenvalue weighted by atomic mass is 10.4. The van der Waals surface area contributed by atoms with E-state index in [4.69, 9.17) is 5.73 Å². The number of hydrogen-bond donors (Lipinski definition) is 1. The molecule has 1 amide bonds. The van der Waals surface area contributed by atoms with Crippen LogP contribution in [-0.2, 0) is 4.79 Å². The van der Waals surface area contributed by atoms with Crippen molar-refractivity contribution in [3.63, 3.8) is 0 Å². The van der Waals surface area contributed by atoms with Gasteiger partial charge < -0.3 is 10.6 Å². The molecule has 2 N–H and O–H groups in total. The van der Waals surface area contributed by atoms with E-state index in [0.29, 0.717) is 5.70 Å². The molecule has 0 aromatic carbocycles. The third kappa shape index (κ3) is 13.1. The molecule has 0 atom stereocenters. The highest BCUT2D eigenvalue weighted by Gasteiger charge is 1.87. The number of nitrogens with two attached hydrogens (primary N) is 1. The van der Waals surface area contributed by atoms with Gasteiger partial charge in [-0.3, -0.25) is 4.79 Å². The Kier molecular flexibility index (Phi) is 10.3. The summed E-state index contributed by atoms with van der Waals surface area (Å²) in [4.78, 5) is 11.6. The fourth-order valence-corrected chi connectivity index (χ4v) is 0.275. The summed E-state index contributed by atoms with van der Waals surface area (Å²) >= 11 is 0. The normalized spacial score (nSPS) is 10.4. The minimum absolute atomic E-state index is 0.0926. The second-order valence-electron chi connectivity index (χ2n) is 2.81. The van der Waals surface area contributed by atoms with Crippen molar-refractivity contribution >= 4 is 5.91 Å². The average Bonchev–Trinajstić information content (AvgIpc) is 2.14. The number of amides is 1. The summed E-state index contributed by atoms with van der Waals surface area (Å²) in [5.41, 5.74) is 6.05. The van der Waals surface area contributed by atoms with E-state index in [9.17, 15) is 4.79 Å². The van der Waals surface area contributed by atoms with Crippen molar-refractivity contribution in [3.05, 3.63) is 36.6 Å². The molecule has 14 heavy (non-hydrogen) atoms. The van der Waals surface area contributed by atoms with Gasteiger partial charge in [-0.05, 0) is 19.1 Å². The largest absolute Gasteiger partial charge is 0.399 e. The number of carbonyl (C=O) groups excluding carboxylic acids is 1. The molecule has 3 nitrogen and oxygen atoms in total. The van der Waals surface area contributed by atoms with Crippen LogP contribution in [0.3, 0.4) is 0 Å². The van der Waals surface area contributed by atoms with Crippen molar-refractivity contribution in [1.29, 1.82) is 0 Å². The summed E-state index contributed by atoms with van der Waals surface area (Å²) < 4.78 is 0. The van der Waals surface area contributed by atoms with E-state index in [-0.39, 0.29) is 5.91 Å². The molecule has 0 aliphatic rings. The predicted molar refractivity (Wildman–Crippen MR) is 61.6 cm³/mol. The number of hydrogen-bond acceptors (Lipinski definition) is 2. The van der Waals surface area contributed by atoms with Crippen molar-refractivity contribution in [3.8, 4) is 0 Å². The standard InChI is InChI=1S/C7H11N.C4H9NO/c1-3-5-6-7(8)4-2;1-4(6)5(2)3/h3-6H,2,8H2,1H3;1-3H3/b5-3+,7-6+;. The fourth-order valence-electron chi connectivity index (χ4n) is 0.275. The van der Waals surface area contributed by atoms with Crippen LogP contribution in [0.25, 0.3) is 0 Å². The van der Waals surface area contributed by atoms with Crippen LogP contribution >= 0.6 is 0 Å². The molecule has 0 aliphatic carbocycles. The number of rotatable bonds is 2. The quantitative estimate of drug-likeness (QED) is 0.683. The molecule has 0 aliphatic heterocycles. The highest BCUT2D eigenvalue weighted by molar-refractivity contribution is 5.72. The summed E-state index contributed by atoms with van der Waals surface area (Å²) in [6, 6.07) is 0. The lowest BCUT2D eigenvalue weighted by Gasteiger charge is -2.02. The number of nitrogens with zero attached hydrogens (tertiary/aromatic N) is 1. The number of allylic oxidation sites excluding steroid dienone is 4. The van der Waals surface area contributed by atoms with Crippen molar-refractivity contribution in [2.75, 3.05) is 14.1 Å². The number of carbonyl (C=O) groups is 1. The third-order valence-corrected chi connectivity index (χ3v) is 1.35. The van der Waals surface area contributed by atoms with Crippen molar-refractivity contribution < 1.29 is 4.79 Å².